The molecular weight excluding hydrogens is 360 g/mol. The molecule has 27 heavy (non-hydrogen) atoms. The third kappa shape index (κ3) is 6.72. The van der Waals surface area contributed by atoms with Crippen molar-refractivity contribution in [2.75, 3.05) is 6.54 Å². The lowest BCUT2D eigenvalue weighted by atomic mass is 10.1. The van der Waals surface area contributed by atoms with E-state index in [1.807, 2.05) is 55.5 Å². The first-order valence-electron chi connectivity index (χ1n) is 9.36. The van der Waals surface area contributed by atoms with E-state index in [0.717, 1.165) is 17.5 Å². The minimum atomic E-state index is -0.543. The lowest BCUT2D eigenvalue weighted by Gasteiger charge is -2.29. The number of hydrogen-bond donors (Lipinski definition) is 1. The highest BCUT2D eigenvalue weighted by atomic mass is 35.5. The lowest BCUT2D eigenvalue weighted by molar-refractivity contribution is -0.140. The topological polar surface area (TPSA) is 49.4 Å². The lowest BCUT2D eigenvalue weighted by Crippen LogP contribution is -2.47. The van der Waals surface area contributed by atoms with E-state index in [2.05, 4.69) is 5.32 Å². The van der Waals surface area contributed by atoms with Crippen molar-refractivity contribution in [1.29, 1.82) is 0 Å². The number of nitrogens with one attached hydrogen (secondary N) is 1. The van der Waals surface area contributed by atoms with Crippen molar-refractivity contribution >= 4 is 23.4 Å². The number of nitrogens with zero attached hydrogens (tertiary/aromatic N) is 1. The monoisotopic (exact) mass is 386 g/mol. The Labute approximate surface area is 166 Å². The summed E-state index contributed by atoms with van der Waals surface area (Å²) in [6, 6.07) is 16.7. The molecular formula is C22H27ClN2O2. The number of carbonyl (C=O) groups is 2. The van der Waals surface area contributed by atoms with Crippen LogP contribution in [0, 0.1) is 0 Å². The van der Waals surface area contributed by atoms with Gasteiger partial charge in [-0.25, -0.2) is 0 Å². The molecule has 2 aromatic carbocycles. The van der Waals surface area contributed by atoms with Crippen molar-refractivity contribution in [1.82, 2.24) is 10.2 Å². The van der Waals surface area contributed by atoms with Gasteiger partial charge in [-0.3, -0.25) is 9.59 Å². The summed E-state index contributed by atoms with van der Waals surface area (Å²) < 4.78 is 0. The van der Waals surface area contributed by atoms with Crippen LogP contribution in [-0.2, 0) is 22.6 Å². The van der Waals surface area contributed by atoms with Crippen LogP contribution in [0.5, 0.6) is 0 Å². The highest BCUT2D eigenvalue weighted by Crippen LogP contribution is 2.16. The van der Waals surface area contributed by atoms with Gasteiger partial charge in [0.1, 0.15) is 6.04 Å². The van der Waals surface area contributed by atoms with Crippen molar-refractivity contribution in [3.05, 3.63) is 70.7 Å². The van der Waals surface area contributed by atoms with Crippen molar-refractivity contribution in [3.8, 4) is 0 Å². The summed E-state index contributed by atoms with van der Waals surface area (Å²) in [5.74, 6) is -0.176. The maximum Gasteiger partial charge on any atom is 0.242 e. The molecule has 144 valence electrons. The first kappa shape index (κ1) is 21.0. The Morgan fingerprint density at radius 1 is 1.07 bits per heavy atom. The number of carbonyl (C=O) groups excluding carboxylic acids is 2. The van der Waals surface area contributed by atoms with E-state index in [4.69, 9.17) is 11.6 Å². The van der Waals surface area contributed by atoms with Gasteiger partial charge >= 0.3 is 0 Å². The van der Waals surface area contributed by atoms with Crippen molar-refractivity contribution in [2.24, 2.45) is 0 Å². The summed E-state index contributed by atoms with van der Waals surface area (Å²) >= 11 is 6.08. The van der Waals surface area contributed by atoms with E-state index < -0.39 is 6.04 Å². The van der Waals surface area contributed by atoms with Crippen LogP contribution >= 0.6 is 11.6 Å². The fourth-order valence-electron chi connectivity index (χ4n) is 2.85. The largest absolute Gasteiger partial charge is 0.354 e. The van der Waals surface area contributed by atoms with E-state index in [1.165, 1.54) is 0 Å². The summed E-state index contributed by atoms with van der Waals surface area (Å²) in [7, 11) is 0. The molecule has 0 spiro atoms. The van der Waals surface area contributed by atoms with Crippen molar-refractivity contribution in [2.45, 2.75) is 45.7 Å². The van der Waals surface area contributed by atoms with Gasteiger partial charge in [0.2, 0.25) is 11.8 Å². The van der Waals surface area contributed by atoms with Gasteiger partial charge in [0, 0.05) is 24.5 Å². The Morgan fingerprint density at radius 3 is 2.44 bits per heavy atom. The third-order valence-electron chi connectivity index (χ3n) is 4.43. The highest BCUT2D eigenvalue weighted by molar-refractivity contribution is 6.30. The molecule has 2 amide bonds. The van der Waals surface area contributed by atoms with Crippen LogP contribution in [0.25, 0.3) is 0 Å². The van der Waals surface area contributed by atoms with E-state index in [9.17, 15) is 9.59 Å². The van der Waals surface area contributed by atoms with Crippen molar-refractivity contribution < 1.29 is 9.59 Å². The molecule has 1 atom stereocenters. The van der Waals surface area contributed by atoms with Crippen LogP contribution in [0.1, 0.15) is 37.8 Å². The molecule has 0 saturated carbocycles. The van der Waals surface area contributed by atoms with Gasteiger partial charge in [0.15, 0.2) is 0 Å². The van der Waals surface area contributed by atoms with Gasteiger partial charge < -0.3 is 10.2 Å². The summed E-state index contributed by atoms with van der Waals surface area (Å²) in [5.41, 5.74) is 2.02. The van der Waals surface area contributed by atoms with Gasteiger partial charge in [-0.2, -0.15) is 0 Å². The second kappa shape index (κ2) is 10.7. The molecule has 0 saturated heterocycles. The van der Waals surface area contributed by atoms with Gasteiger partial charge in [-0.05, 0) is 43.0 Å². The van der Waals surface area contributed by atoms with Crippen LogP contribution in [0.2, 0.25) is 5.02 Å². The summed E-state index contributed by atoms with van der Waals surface area (Å²) in [4.78, 5) is 27.0. The predicted octanol–water partition coefficient (Wildman–Crippen LogP) is 4.22. The number of amides is 2. The zero-order chi connectivity index (χ0) is 19.6. The molecule has 2 rings (SSSR count). The molecule has 0 heterocycles. The van der Waals surface area contributed by atoms with Gasteiger partial charge in [-0.15, -0.1) is 0 Å². The maximum atomic E-state index is 12.9. The van der Waals surface area contributed by atoms with Crippen LogP contribution in [0.3, 0.4) is 0 Å². The van der Waals surface area contributed by atoms with Crippen LogP contribution in [0.4, 0.5) is 0 Å². The smallest absolute Gasteiger partial charge is 0.242 e. The number of rotatable bonds is 9. The molecule has 5 heteroatoms. The van der Waals surface area contributed by atoms with Crippen LogP contribution < -0.4 is 5.32 Å². The normalized spacial score (nSPS) is 11.7. The Bertz CT molecular complexity index is 749. The molecule has 1 N–H and O–H groups in total. The second-order valence-electron chi connectivity index (χ2n) is 6.60. The SMILES string of the molecule is CCCNC(=O)[C@@H](C)N(Cc1cccc(Cl)c1)C(=O)CCc1ccccc1. The number of hydrogen-bond acceptors (Lipinski definition) is 2. The highest BCUT2D eigenvalue weighted by Gasteiger charge is 2.25. The molecule has 0 aromatic heterocycles. The molecule has 4 nitrogen and oxygen atoms in total. The van der Waals surface area contributed by atoms with Crippen LogP contribution in [0.15, 0.2) is 54.6 Å². The Balaban J connectivity index is 2.11. The maximum absolute atomic E-state index is 12.9. The average Bonchev–Trinajstić information content (AvgIpc) is 2.68. The Kier molecular flexibility index (Phi) is 8.34. The molecule has 2 aromatic rings. The molecule has 0 unspecified atom stereocenters. The number of halogens is 1. The van der Waals surface area contributed by atoms with Crippen molar-refractivity contribution in [3.63, 3.8) is 0 Å². The zero-order valence-corrected chi connectivity index (χ0v) is 16.7. The fraction of sp³-hybridized carbons (Fsp3) is 0.364. The summed E-state index contributed by atoms with van der Waals surface area (Å²) in [6.45, 7) is 4.73. The second-order valence-corrected chi connectivity index (χ2v) is 7.04. The summed E-state index contributed by atoms with van der Waals surface area (Å²) in [5, 5.41) is 3.50. The predicted molar refractivity (Wildman–Crippen MR) is 110 cm³/mol. The molecule has 0 radical (unpaired) electrons. The number of aryl methyl sites for hydroxylation is 1. The quantitative estimate of drug-likeness (QED) is 0.701. The molecule has 0 aliphatic heterocycles. The Hall–Kier alpha value is -2.33. The first-order chi connectivity index (χ1) is 13.0. The van der Waals surface area contributed by atoms with E-state index >= 15 is 0 Å². The third-order valence-corrected chi connectivity index (χ3v) is 4.66. The minimum Gasteiger partial charge on any atom is -0.354 e. The molecule has 0 bridgehead atoms. The van der Waals surface area contributed by atoms with Gasteiger partial charge in [0.25, 0.3) is 0 Å². The van der Waals surface area contributed by atoms with Gasteiger partial charge in [-0.1, -0.05) is 61.0 Å². The van der Waals surface area contributed by atoms with E-state index in [0.29, 0.717) is 31.0 Å². The fourth-order valence-corrected chi connectivity index (χ4v) is 3.06. The van der Waals surface area contributed by atoms with E-state index in [1.54, 1.807) is 17.9 Å². The zero-order valence-electron chi connectivity index (χ0n) is 16.0. The molecule has 0 aliphatic rings. The standard InChI is InChI=1S/C22H27ClN2O2/c1-3-14-24-22(27)17(2)25(16-19-10-7-11-20(23)15-19)21(26)13-12-18-8-5-4-6-9-18/h4-11,15,17H,3,12-14,16H2,1-2H3,(H,24,27)/t17-/m1/s1. The summed E-state index contributed by atoms with van der Waals surface area (Å²) in [6.07, 6.45) is 1.86. The molecule has 0 fully saturated rings. The van der Waals surface area contributed by atoms with E-state index in [-0.39, 0.29) is 11.8 Å². The first-order valence-corrected chi connectivity index (χ1v) is 9.74. The molecule has 0 aliphatic carbocycles. The Morgan fingerprint density at radius 2 is 1.78 bits per heavy atom. The van der Waals surface area contributed by atoms with Gasteiger partial charge in [0.05, 0.1) is 0 Å². The average molecular weight is 387 g/mol. The minimum absolute atomic E-state index is 0.0435. The number of benzene rings is 2. The van der Waals surface area contributed by atoms with Crippen LogP contribution in [-0.4, -0.2) is 29.3 Å².